The van der Waals surface area contributed by atoms with Gasteiger partial charge in [0.15, 0.2) is 0 Å². The van der Waals surface area contributed by atoms with Gasteiger partial charge in [-0.2, -0.15) is 0 Å². The van der Waals surface area contributed by atoms with E-state index in [4.69, 9.17) is 16.7 Å². The smallest absolute Gasteiger partial charge is 0.256 e. The van der Waals surface area contributed by atoms with E-state index in [9.17, 15) is 13.6 Å². The third-order valence-electron chi connectivity index (χ3n) is 2.13. The van der Waals surface area contributed by atoms with Crippen molar-refractivity contribution in [1.82, 2.24) is 4.90 Å². The maximum Gasteiger partial charge on any atom is 0.256 e. The first-order valence-corrected chi connectivity index (χ1v) is 5.28. The lowest BCUT2D eigenvalue weighted by Crippen LogP contribution is -2.33. The Balaban J connectivity index is 3.00. The van der Waals surface area contributed by atoms with Gasteiger partial charge in [0, 0.05) is 13.6 Å². The zero-order valence-electron chi connectivity index (χ0n) is 9.38. The molecule has 0 saturated carbocycles. The van der Waals surface area contributed by atoms with Gasteiger partial charge in [0.25, 0.3) is 5.91 Å². The number of carbonyl (C=O) groups is 1. The summed E-state index contributed by atoms with van der Waals surface area (Å²) < 4.78 is 26.5. The van der Waals surface area contributed by atoms with Gasteiger partial charge >= 0.3 is 0 Å². The Hall–Kier alpha value is -1.20. The van der Waals surface area contributed by atoms with E-state index in [2.05, 4.69) is 0 Å². The highest BCUT2D eigenvalue weighted by Crippen LogP contribution is 2.20. The third-order valence-corrected chi connectivity index (χ3v) is 2.41. The van der Waals surface area contributed by atoms with E-state index in [-0.39, 0.29) is 11.6 Å². The van der Waals surface area contributed by atoms with Crippen molar-refractivity contribution in [2.45, 2.75) is 13.0 Å². The Morgan fingerprint density at radius 2 is 2.06 bits per heavy atom. The first kappa shape index (κ1) is 13.9. The largest absolute Gasteiger partial charge is 0.392 e. The van der Waals surface area contributed by atoms with E-state index < -0.39 is 29.2 Å². The lowest BCUT2D eigenvalue weighted by atomic mass is 10.1. The van der Waals surface area contributed by atoms with Crippen LogP contribution in [0, 0.1) is 11.6 Å². The SMILES string of the molecule is CC(O)CN(C)C(=O)c1cc(F)c(Cl)cc1F. The maximum atomic E-state index is 13.4. The Bertz CT molecular complexity index is 438. The van der Waals surface area contributed by atoms with Gasteiger partial charge in [0.1, 0.15) is 11.6 Å². The van der Waals surface area contributed by atoms with E-state index in [1.54, 1.807) is 0 Å². The second kappa shape index (κ2) is 5.42. The Kier molecular flexibility index (Phi) is 4.42. The number of amides is 1. The average molecular weight is 264 g/mol. The van der Waals surface area contributed by atoms with Crippen LogP contribution in [0.1, 0.15) is 17.3 Å². The van der Waals surface area contributed by atoms with Crippen LogP contribution in [0.2, 0.25) is 5.02 Å². The fourth-order valence-corrected chi connectivity index (χ4v) is 1.52. The quantitative estimate of drug-likeness (QED) is 0.848. The number of rotatable bonds is 3. The molecule has 1 aromatic carbocycles. The van der Waals surface area contributed by atoms with Gasteiger partial charge in [-0.05, 0) is 19.1 Å². The van der Waals surface area contributed by atoms with Gasteiger partial charge in [0.05, 0.1) is 16.7 Å². The molecule has 1 amide bonds. The topological polar surface area (TPSA) is 40.5 Å². The van der Waals surface area contributed by atoms with Crippen molar-refractivity contribution in [1.29, 1.82) is 0 Å². The molecule has 1 rings (SSSR count). The summed E-state index contributed by atoms with van der Waals surface area (Å²) in [6, 6.07) is 1.50. The molecule has 6 heteroatoms. The highest BCUT2D eigenvalue weighted by atomic mass is 35.5. The van der Waals surface area contributed by atoms with Crippen LogP contribution >= 0.6 is 11.6 Å². The number of carbonyl (C=O) groups excluding carboxylic acids is 1. The van der Waals surface area contributed by atoms with Crippen LogP contribution in [0.25, 0.3) is 0 Å². The molecule has 0 aromatic heterocycles. The van der Waals surface area contributed by atoms with Gasteiger partial charge in [-0.1, -0.05) is 11.6 Å². The fourth-order valence-electron chi connectivity index (χ4n) is 1.37. The molecular weight excluding hydrogens is 252 g/mol. The van der Waals surface area contributed by atoms with Crippen LogP contribution in [0.5, 0.6) is 0 Å². The highest BCUT2D eigenvalue weighted by molar-refractivity contribution is 6.30. The van der Waals surface area contributed by atoms with Crippen molar-refractivity contribution in [2.24, 2.45) is 0 Å². The number of aliphatic hydroxyl groups is 1. The molecule has 3 nitrogen and oxygen atoms in total. The van der Waals surface area contributed by atoms with E-state index >= 15 is 0 Å². The van der Waals surface area contributed by atoms with Crippen molar-refractivity contribution in [3.05, 3.63) is 34.4 Å². The van der Waals surface area contributed by atoms with Crippen LogP contribution in [-0.4, -0.2) is 35.6 Å². The zero-order chi connectivity index (χ0) is 13.2. The molecule has 17 heavy (non-hydrogen) atoms. The number of nitrogens with zero attached hydrogens (tertiary/aromatic N) is 1. The molecule has 0 aliphatic heterocycles. The molecule has 1 N–H and O–H groups in total. The van der Waals surface area contributed by atoms with Crippen molar-refractivity contribution in [3.8, 4) is 0 Å². The summed E-state index contributed by atoms with van der Waals surface area (Å²) in [4.78, 5) is 12.8. The Labute approximate surface area is 103 Å². The van der Waals surface area contributed by atoms with Crippen LogP contribution in [0.4, 0.5) is 8.78 Å². The van der Waals surface area contributed by atoms with Crippen LogP contribution in [-0.2, 0) is 0 Å². The number of halogens is 3. The summed E-state index contributed by atoms with van der Waals surface area (Å²) in [5.74, 6) is -2.46. The van der Waals surface area contributed by atoms with Crippen molar-refractivity contribution < 1.29 is 18.7 Å². The van der Waals surface area contributed by atoms with Gasteiger partial charge in [-0.25, -0.2) is 8.78 Å². The minimum absolute atomic E-state index is 0.0303. The summed E-state index contributed by atoms with van der Waals surface area (Å²) in [5.41, 5.74) is -0.407. The van der Waals surface area contributed by atoms with Crippen molar-refractivity contribution >= 4 is 17.5 Å². The maximum absolute atomic E-state index is 13.4. The van der Waals surface area contributed by atoms with Crippen molar-refractivity contribution in [3.63, 3.8) is 0 Å². The van der Waals surface area contributed by atoms with Gasteiger partial charge in [0.2, 0.25) is 0 Å². The van der Waals surface area contributed by atoms with E-state index in [1.165, 1.54) is 14.0 Å². The van der Waals surface area contributed by atoms with Gasteiger partial charge < -0.3 is 10.0 Å². The summed E-state index contributed by atoms with van der Waals surface area (Å²) in [5, 5.41) is 8.73. The number of hydrogen-bond acceptors (Lipinski definition) is 2. The van der Waals surface area contributed by atoms with Gasteiger partial charge in [-0.15, -0.1) is 0 Å². The predicted octanol–water partition coefficient (Wildman–Crippen LogP) is 2.07. The molecule has 0 fully saturated rings. The summed E-state index contributed by atoms with van der Waals surface area (Å²) in [7, 11) is 1.39. The third kappa shape index (κ3) is 3.38. The van der Waals surface area contributed by atoms with Crippen molar-refractivity contribution in [2.75, 3.05) is 13.6 Å². The zero-order valence-corrected chi connectivity index (χ0v) is 10.1. The molecule has 0 radical (unpaired) electrons. The van der Waals surface area contributed by atoms with Crippen LogP contribution in [0.3, 0.4) is 0 Å². The fraction of sp³-hybridized carbons (Fsp3) is 0.364. The highest BCUT2D eigenvalue weighted by Gasteiger charge is 2.19. The Morgan fingerprint density at radius 1 is 1.47 bits per heavy atom. The lowest BCUT2D eigenvalue weighted by Gasteiger charge is -2.19. The number of benzene rings is 1. The van der Waals surface area contributed by atoms with E-state index in [1.807, 2.05) is 0 Å². The molecule has 94 valence electrons. The number of aliphatic hydroxyl groups excluding tert-OH is 1. The molecule has 1 atom stereocenters. The minimum atomic E-state index is -0.890. The molecule has 1 aromatic rings. The summed E-state index contributed by atoms with van der Waals surface area (Å²) >= 11 is 5.37. The minimum Gasteiger partial charge on any atom is -0.392 e. The predicted molar refractivity (Wildman–Crippen MR) is 60.0 cm³/mol. The van der Waals surface area contributed by atoms with Crippen LogP contribution in [0.15, 0.2) is 12.1 Å². The number of hydrogen-bond donors (Lipinski definition) is 1. The first-order valence-electron chi connectivity index (χ1n) is 4.91. The first-order chi connectivity index (χ1) is 7.82. The molecule has 0 aliphatic carbocycles. The molecule has 0 saturated heterocycles. The summed E-state index contributed by atoms with van der Waals surface area (Å²) in [6.45, 7) is 1.52. The average Bonchev–Trinajstić information content (AvgIpc) is 2.21. The summed E-state index contributed by atoms with van der Waals surface area (Å²) in [6.07, 6.45) is -0.746. The molecule has 1 unspecified atom stereocenters. The number of likely N-dealkylation sites (N-methyl/N-ethyl adjacent to an activating group) is 1. The molecule has 0 heterocycles. The molecule has 0 spiro atoms. The molecule has 0 bridgehead atoms. The lowest BCUT2D eigenvalue weighted by molar-refractivity contribution is 0.0698. The second-order valence-corrected chi connectivity index (χ2v) is 4.19. The standard InChI is InChI=1S/C11H12ClF2NO2/c1-6(16)5-15(2)11(17)7-3-10(14)8(12)4-9(7)13/h3-4,6,16H,5H2,1-2H3. The molecule has 0 aliphatic rings. The molecular formula is C11H12ClF2NO2. The van der Waals surface area contributed by atoms with Crippen LogP contribution < -0.4 is 0 Å². The van der Waals surface area contributed by atoms with E-state index in [0.29, 0.717) is 0 Å². The van der Waals surface area contributed by atoms with E-state index in [0.717, 1.165) is 17.0 Å². The monoisotopic (exact) mass is 263 g/mol. The second-order valence-electron chi connectivity index (χ2n) is 3.78. The normalized spacial score (nSPS) is 12.4. The van der Waals surface area contributed by atoms with Gasteiger partial charge in [-0.3, -0.25) is 4.79 Å². The Morgan fingerprint density at radius 3 is 2.59 bits per heavy atom.